The Bertz CT molecular complexity index is 608. The van der Waals surface area contributed by atoms with E-state index in [0.29, 0.717) is 0 Å². The Labute approximate surface area is 125 Å². The highest BCUT2D eigenvalue weighted by Crippen LogP contribution is 2.35. The monoisotopic (exact) mass is 283 g/mol. The molecule has 0 aromatic heterocycles. The zero-order valence-electron chi connectivity index (χ0n) is 12.4. The van der Waals surface area contributed by atoms with E-state index in [0.717, 1.165) is 12.3 Å². The molecule has 0 fully saturated rings. The van der Waals surface area contributed by atoms with Crippen molar-refractivity contribution in [3.63, 3.8) is 0 Å². The van der Waals surface area contributed by atoms with Crippen LogP contribution in [0.15, 0.2) is 47.4 Å². The third-order valence-electron chi connectivity index (χ3n) is 3.74. The summed E-state index contributed by atoms with van der Waals surface area (Å²) in [6.45, 7) is 7.83. The van der Waals surface area contributed by atoms with Gasteiger partial charge in [-0.3, -0.25) is 0 Å². The summed E-state index contributed by atoms with van der Waals surface area (Å²) in [6.07, 6.45) is 0. The van der Waals surface area contributed by atoms with Crippen LogP contribution >= 0.6 is 11.8 Å². The predicted octanol–water partition coefficient (Wildman–Crippen LogP) is 5.17. The lowest BCUT2D eigenvalue weighted by molar-refractivity contribution is 0.590. The smallest absolute Gasteiger partial charge is 0.0479 e. The van der Waals surface area contributed by atoms with Gasteiger partial charge in [-0.25, -0.2) is 0 Å². The van der Waals surface area contributed by atoms with Gasteiger partial charge in [0.25, 0.3) is 0 Å². The van der Waals surface area contributed by atoms with Gasteiger partial charge in [0.05, 0.1) is 0 Å². The lowest BCUT2D eigenvalue weighted by atomic mass is 9.86. The van der Waals surface area contributed by atoms with Crippen LogP contribution in [-0.2, 0) is 5.41 Å². The van der Waals surface area contributed by atoms with Gasteiger partial charge < -0.3 is 5.32 Å². The van der Waals surface area contributed by atoms with Gasteiger partial charge in [-0.15, -0.1) is 11.8 Å². The molecule has 1 heterocycles. The molecule has 1 nitrogen and oxygen atoms in total. The van der Waals surface area contributed by atoms with Crippen molar-refractivity contribution in [3.8, 4) is 11.1 Å². The van der Waals surface area contributed by atoms with E-state index in [1.54, 1.807) is 0 Å². The number of benzene rings is 2. The molecule has 0 unspecified atom stereocenters. The molecule has 2 aromatic carbocycles. The summed E-state index contributed by atoms with van der Waals surface area (Å²) in [7, 11) is 0. The van der Waals surface area contributed by atoms with Gasteiger partial charge in [0, 0.05) is 22.9 Å². The van der Waals surface area contributed by atoms with Gasteiger partial charge in [0.15, 0.2) is 0 Å². The van der Waals surface area contributed by atoms with Gasteiger partial charge in [0.2, 0.25) is 0 Å². The lowest BCUT2D eigenvalue weighted by Gasteiger charge is -2.20. The number of hydrogen-bond donors (Lipinski definition) is 1. The van der Waals surface area contributed by atoms with Crippen molar-refractivity contribution in [1.82, 2.24) is 0 Å². The maximum atomic E-state index is 3.45. The zero-order valence-corrected chi connectivity index (χ0v) is 13.2. The Balaban J connectivity index is 1.93. The molecule has 0 radical (unpaired) electrons. The van der Waals surface area contributed by atoms with Crippen LogP contribution in [0.4, 0.5) is 5.69 Å². The van der Waals surface area contributed by atoms with Crippen molar-refractivity contribution in [2.24, 2.45) is 0 Å². The molecule has 0 bridgehead atoms. The molecular weight excluding hydrogens is 262 g/mol. The third kappa shape index (κ3) is 2.71. The lowest BCUT2D eigenvalue weighted by Crippen LogP contribution is -2.10. The second-order valence-electron chi connectivity index (χ2n) is 6.31. The molecule has 1 aliphatic rings. The molecule has 3 rings (SSSR count). The molecule has 2 aromatic rings. The minimum absolute atomic E-state index is 0.216. The summed E-state index contributed by atoms with van der Waals surface area (Å²) in [5.74, 6) is 1.15. The fourth-order valence-corrected chi connectivity index (χ4v) is 3.41. The molecule has 104 valence electrons. The van der Waals surface area contributed by atoms with Crippen molar-refractivity contribution in [3.05, 3.63) is 48.0 Å². The van der Waals surface area contributed by atoms with E-state index in [9.17, 15) is 0 Å². The normalized spacial score (nSPS) is 14.6. The van der Waals surface area contributed by atoms with Gasteiger partial charge in [-0.05, 0) is 34.2 Å². The third-order valence-corrected chi connectivity index (χ3v) is 4.80. The first-order valence-corrected chi connectivity index (χ1v) is 8.14. The molecule has 0 spiro atoms. The molecule has 0 saturated heterocycles. The van der Waals surface area contributed by atoms with Crippen LogP contribution in [0.2, 0.25) is 0 Å². The molecule has 0 atom stereocenters. The molecule has 0 aliphatic carbocycles. The van der Waals surface area contributed by atoms with Gasteiger partial charge in [-0.2, -0.15) is 0 Å². The van der Waals surface area contributed by atoms with Gasteiger partial charge >= 0.3 is 0 Å². The SMILES string of the molecule is CC(C)(C)c1ccc(-c2ccc3c(c2)SCCN3)cc1. The second kappa shape index (κ2) is 5.17. The van der Waals surface area contributed by atoms with E-state index >= 15 is 0 Å². The molecule has 20 heavy (non-hydrogen) atoms. The molecular formula is C18H21NS. The van der Waals surface area contributed by atoms with Crippen LogP contribution in [0.1, 0.15) is 26.3 Å². The average molecular weight is 283 g/mol. The fraction of sp³-hybridized carbons (Fsp3) is 0.333. The summed E-state index contributed by atoms with van der Waals surface area (Å²) in [5, 5.41) is 3.45. The largest absolute Gasteiger partial charge is 0.383 e. The Kier molecular flexibility index (Phi) is 3.51. The Morgan fingerprint density at radius 1 is 0.950 bits per heavy atom. The Morgan fingerprint density at radius 2 is 1.65 bits per heavy atom. The predicted molar refractivity (Wildman–Crippen MR) is 89.8 cm³/mol. The minimum Gasteiger partial charge on any atom is -0.383 e. The highest BCUT2D eigenvalue weighted by molar-refractivity contribution is 7.99. The molecule has 1 aliphatic heterocycles. The average Bonchev–Trinajstić information content (AvgIpc) is 2.46. The van der Waals surface area contributed by atoms with Crippen LogP contribution in [-0.4, -0.2) is 12.3 Å². The highest BCUT2D eigenvalue weighted by Gasteiger charge is 2.14. The molecule has 0 saturated carbocycles. The number of fused-ring (bicyclic) bond motifs is 1. The van der Waals surface area contributed by atoms with Crippen molar-refractivity contribution < 1.29 is 0 Å². The molecule has 2 heteroatoms. The number of hydrogen-bond acceptors (Lipinski definition) is 2. The first-order valence-electron chi connectivity index (χ1n) is 7.16. The van der Waals surface area contributed by atoms with Gasteiger partial charge in [0.1, 0.15) is 0 Å². The van der Waals surface area contributed by atoms with E-state index in [1.807, 2.05) is 11.8 Å². The molecule has 0 amide bonds. The number of anilines is 1. The first-order chi connectivity index (χ1) is 9.54. The van der Waals surface area contributed by atoms with E-state index in [1.165, 1.54) is 27.3 Å². The maximum Gasteiger partial charge on any atom is 0.0479 e. The van der Waals surface area contributed by atoms with Crippen LogP contribution in [0.3, 0.4) is 0 Å². The standard InChI is InChI=1S/C18H21NS/c1-18(2,3)15-7-4-13(5-8-15)14-6-9-16-17(12-14)20-11-10-19-16/h4-9,12,19H,10-11H2,1-3H3. The van der Waals surface area contributed by atoms with Crippen molar-refractivity contribution in [2.75, 3.05) is 17.6 Å². The number of nitrogens with one attached hydrogen (secondary N) is 1. The summed E-state index contributed by atoms with van der Waals surface area (Å²) in [6, 6.07) is 15.7. The van der Waals surface area contributed by atoms with Crippen LogP contribution in [0.5, 0.6) is 0 Å². The summed E-state index contributed by atoms with van der Waals surface area (Å²) < 4.78 is 0. The van der Waals surface area contributed by atoms with E-state index in [-0.39, 0.29) is 5.41 Å². The fourth-order valence-electron chi connectivity index (χ4n) is 2.48. The Morgan fingerprint density at radius 3 is 2.35 bits per heavy atom. The van der Waals surface area contributed by atoms with E-state index < -0.39 is 0 Å². The van der Waals surface area contributed by atoms with Crippen LogP contribution in [0.25, 0.3) is 11.1 Å². The van der Waals surface area contributed by atoms with Crippen molar-refractivity contribution >= 4 is 17.4 Å². The number of rotatable bonds is 1. The first kappa shape index (κ1) is 13.6. The summed E-state index contributed by atoms with van der Waals surface area (Å²) >= 11 is 1.94. The second-order valence-corrected chi connectivity index (χ2v) is 7.45. The van der Waals surface area contributed by atoms with E-state index in [2.05, 4.69) is 68.6 Å². The summed E-state index contributed by atoms with van der Waals surface area (Å²) in [5.41, 5.74) is 5.48. The van der Waals surface area contributed by atoms with Crippen molar-refractivity contribution in [1.29, 1.82) is 0 Å². The van der Waals surface area contributed by atoms with E-state index in [4.69, 9.17) is 0 Å². The quantitative estimate of drug-likeness (QED) is 0.775. The highest BCUT2D eigenvalue weighted by atomic mass is 32.2. The van der Waals surface area contributed by atoms with Crippen LogP contribution in [0, 0.1) is 0 Å². The van der Waals surface area contributed by atoms with Crippen molar-refractivity contribution in [2.45, 2.75) is 31.1 Å². The molecule has 1 N–H and O–H groups in total. The number of thioether (sulfide) groups is 1. The Hall–Kier alpha value is -1.41. The zero-order chi connectivity index (χ0) is 14.2. The summed E-state index contributed by atoms with van der Waals surface area (Å²) in [4.78, 5) is 1.37. The topological polar surface area (TPSA) is 12.0 Å². The van der Waals surface area contributed by atoms with Crippen LogP contribution < -0.4 is 5.32 Å². The minimum atomic E-state index is 0.216. The van der Waals surface area contributed by atoms with Gasteiger partial charge in [-0.1, -0.05) is 51.1 Å². The maximum absolute atomic E-state index is 3.45.